The number of rotatable bonds is 6. The molecule has 0 unspecified atom stereocenters. The van der Waals surface area contributed by atoms with Gasteiger partial charge in [-0.1, -0.05) is 33.1 Å². The predicted octanol–water partition coefficient (Wildman–Crippen LogP) is 4.81. The molecule has 0 aliphatic heterocycles. The van der Waals surface area contributed by atoms with Crippen LogP contribution in [0.15, 0.2) is 24.3 Å². The Hall–Kier alpha value is -1.51. The van der Waals surface area contributed by atoms with E-state index in [-0.39, 0.29) is 11.4 Å². The summed E-state index contributed by atoms with van der Waals surface area (Å²) in [5.74, 6) is 0.456. The van der Waals surface area contributed by atoms with Gasteiger partial charge < -0.3 is 10.5 Å². The van der Waals surface area contributed by atoms with E-state index in [9.17, 15) is 4.79 Å². The van der Waals surface area contributed by atoms with Crippen molar-refractivity contribution in [3.8, 4) is 0 Å². The molecule has 3 heteroatoms. The van der Waals surface area contributed by atoms with Gasteiger partial charge in [0, 0.05) is 11.1 Å². The van der Waals surface area contributed by atoms with E-state index in [0.29, 0.717) is 23.8 Å². The molecule has 0 bridgehead atoms. The molecular weight excluding hydrogens is 274 g/mol. The fraction of sp³-hybridized carbons (Fsp3) is 0.632. The van der Waals surface area contributed by atoms with Crippen molar-refractivity contribution >= 4 is 11.7 Å². The second kappa shape index (κ2) is 7.66. The lowest BCUT2D eigenvalue weighted by Gasteiger charge is -2.41. The molecule has 1 aromatic rings. The lowest BCUT2D eigenvalue weighted by Crippen LogP contribution is -2.36. The summed E-state index contributed by atoms with van der Waals surface area (Å²) in [4.78, 5) is 12.3. The van der Waals surface area contributed by atoms with Crippen molar-refractivity contribution in [1.82, 2.24) is 0 Å². The predicted molar refractivity (Wildman–Crippen MR) is 90.7 cm³/mol. The minimum atomic E-state index is -0.234. The standard InChI is InChI=1S/C19H29NO2/c1-3-19(4-2,16-8-6-5-7-9-16)14-22-18(21)15-10-12-17(20)13-11-15/h10-13,16H,3-9,14,20H2,1-2H3. The van der Waals surface area contributed by atoms with Crippen molar-refractivity contribution in [3.05, 3.63) is 29.8 Å². The quantitative estimate of drug-likeness (QED) is 0.606. The van der Waals surface area contributed by atoms with Gasteiger partial charge in [-0.25, -0.2) is 4.79 Å². The Balaban J connectivity index is 2.01. The molecule has 2 N–H and O–H groups in total. The number of benzene rings is 1. The molecule has 1 fully saturated rings. The maximum absolute atomic E-state index is 12.3. The second-order valence-corrected chi connectivity index (χ2v) is 6.60. The van der Waals surface area contributed by atoms with E-state index in [1.54, 1.807) is 24.3 Å². The summed E-state index contributed by atoms with van der Waals surface area (Å²) < 4.78 is 5.69. The second-order valence-electron chi connectivity index (χ2n) is 6.60. The van der Waals surface area contributed by atoms with Crippen molar-refractivity contribution in [2.75, 3.05) is 12.3 Å². The smallest absolute Gasteiger partial charge is 0.338 e. The molecule has 3 nitrogen and oxygen atoms in total. The van der Waals surface area contributed by atoms with Gasteiger partial charge in [0.2, 0.25) is 0 Å². The van der Waals surface area contributed by atoms with E-state index in [2.05, 4.69) is 13.8 Å². The number of carbonyl (C=O) groups is 1. The zero-order valence-corrected chi connectivity index (χ0v) is 13.9. The molecule has 0 amide bonds. The zero-order chi connectivity index (χ0) is 16.0. The molecule has 0 radical (unpaired) electrons. The van der Waals surface area contributed by atoms with Gasteiger partial charge in [0.1, 0.15) is 0 Å². The van der Waals surface area contributed by atoms with E-state index in [4.69, 9.17) is 10.5 Å². The average Bonchev–Trinajstić information content (AvgIpc) is 2.57. The van der Waals surface area contributed by atoms with Gasteiger partial charge in [-0.2, -0.15) is 0 Å². The summed E-state index contributed by atoms with van der Waals surface area (Å²) in [6.07, 6.45) is 8.69. The van der Waals surface area contributed by atoms with Crippen molar-refractivity contribution in [2.45, 2.75) is 58.8 Å². The van der Waals surface area contributed by atoms with Gasteiger partial charge in [0.15, 0.2) is 0 Å². The van der Waals surface area contributed by atoms with Crippen LogP contribution in [0, 0.1) is 11.3 Å². The number of carbonyl (C=O) groups excluding carboxylic acids is 1. The molecule has 1 aliphatic carbocycles. The summed E-state index contributed by atoms with van der Waals surface area (Å²) >= 11 is 0. The molecule has 0 spiro atoms. The largest absolute Gasteiger partial charge is 0.461 e. The van der Waals surface area contributed by atoms with Gasteiger partial charge in [-0.3, -0.25) is 0 Å². The Bertz CT molecular complexity index is 471. The normalized spacial score (nSPS) is 16.5. The molecular formula is C19H29NO2. The first-order valence-electron chi connectivity index (χ1n) is 8.64. The molecule has 1 aliphatic rings. The Morgan fingerprint density at radius 1 is 1.14 bits per heavy atom. The summed E-state index contributed by atoms with van der Waals surface area (Å²) in [6, 6.07) is 6.95. The lowest BCUT2D eigenvalue weighted by molar-refractivity contribution is -0.00292. The van der Waals surface area contributed by atoms with Crippen molar-refractivity contribution in [3.63, 3.8) is 0 Å². The molecule has 122 valence electrons. The van der Waals surface area contributed by atoms with E-state index >= 15 is 0 Å². The number of hydrogen-bond acceptors (Lipinski definition) is 3. The maximum atomic E-state index is 12.3. The van der Waals surface area contributed by atoms with E-state index < -0.39 is 0 Å². The number of hydrogen-bond donors (Lipinski definition) is 1. The molecule has 22 heavy (non-hydrogen) atoms. The number of nitrogen functional groups attached to an aromatic ring is 1. The minimum absolute atomic E-state index is 0.143. The van der Waals surface area contributed by atoms with Crippen LogP contribution in [0.1, 0.15) is 69.2 Å². The van der Waals surface area contributed by atoms with Crippen LogP contribution in [0.2, 0.25) is 0 Å². The first kappa shape index (κ1) is 16.9. The van der Waals surface area contributed by atoms with Gasteiger partial charge in [-0.05, 0) is 55.9 Å². The number of anilines is 1. The summed E-state index contributed by atoms with van der Waals surface area (Å²) in [5.41, 5.74) is 7.05. The van der Waals surface area contributed by atoms with Crippen molar-refractivity contribution in [2.24, 2.45) is 11.3 Å². The van der Waals surface area contributed by atoms with Crippen LogP contribution in [-0.2, 0) is 4.74 Å². The highest BCUT2D eigenvalue weighted by Crippen LogP contribution is 2.43. The fourth-order valence-corrected chi connectivity index (χ4v) is 3.78. The number of ether oxygens (including phenoxy) is 1. The van der Waals surface area contributed by atoms with Crippen LogP contribution in [0.3, 0.4) is 0 Å². The van der Waals surface area contributed by atoms with Crippen LogP contribution in [0.5, 0.6) is 0 Å². The van der Waals surface area contributed by atoms with Crippen LogP contribution < -0.4 is 5.73 Å². The van der Waals surface area contributed by atoms with Gasteiger partial charge in [0.25, 0.3) is 0 Å². The Labute approximate surface area is 134 Å². The third kappa shape index (κ3) is 3.82. The summed E-state index contributed by atoms with van der Waals surface area (Å²) in [7, 11) is 0. The molecule has 1 aromatic carbocycles. The summed E-state index contributed by atoms with van der Waals surface area (Å²) in [5, 5.41) is 0. The van der Waals surface area contributed by atoms with Crippen LogP contribution in [0.4, 0.5) is 5.69 Å². The van der Waals surface area contributed by atoms with Crippen LogP contribution in [0.25, 0.3) is 0 Å². The van der Waals surface area contributed by atoms with E-state index in [1.165, 1.54) is 32.1 Å². The Morgan fingerprint density at radius 2 is 1.73 bits per heavy atom. The van der Waals surface area contributed by atoms with Crippen LogP contribution in [-0.4, -0.2) is 12.6 Å². The zero-order valence-electron chi connectivity index (χ0n) is 13.9. The number of esters is 1. The SMILES string of the molecule is CCC(CC)(COC(=O)c1ccc(N)cc1)C1CCCCC1. The number of nitrogens with two attached hydrogens (primary N) is 1. The van der Waals surface area contributed by atoms with Crippen molar-refractivity contribution < 1.29 is 9.53 Å². The molecule has 2 rings (SSSR count). The molecule has 0 saturated heterocycles. The highest BCUT2D eigenvalue weighted by molar-refractivity contribution is 5.89. The first-order valence-corrected chi connectivity index (χ1v) is 8.64. The van der Waals surface area contributed by atoms with Crippen LogP contribution >= 0.6 is 0 Å². The highest BCUT2D eigenvalue weighted by atomic mass is 16.5. The van der Waals surface area contributed by atoms with Gasteiger partial charge in [0.05, 0.1) is 12.2 Å². The minimum Gasteiger partial charge on any atom is -0.461 e. The van der Waals surface area contributed by atoms with E-state index in [1.807, 2.05) is 0 Å². The molecule has 0 atom stereocenters. The lowest BCUT2D eigenvalue weighted by atomic mass is 9.66. The van der Waals surface area contributed by atoms with Gasteiger partial charge >= 0.3 is 5.97 Å². The molecule has 0 heterocycles. The monoisotopic (exact) mass is 303 g/mol. The maximum Gasteiger partial charge on any atom is 0.338 e. The molecule has 0 aromatic heterocycles. The topological polar surface area (TPSA) is 52.3 Å². The van der Waals surface area contributed by atoms with E-state index in [0.717, 1.165) is 12.8 Å². The van der Waals surface area contributed by atoms with Gasteiger partial charge in [-0.15, -0.1) is 0 Å². The first-order chi connectivity index (χ1) is 10.6. The third-order valence-electron chi connectivity index (χ3n) is 5.52. The highest BCUT2D eigenvalue weighted by Gasteiger charge is 2.37. The summed E-state index contributed by atoms with van der Waals surface area (Å²) in [6.45, 7) is 5.00. The Kier molecular flexibility index (Phi) is 5.87. The third-order valence-corrected chi connectivity index (χ3v) is 5.52. The average molecular weight is 303 g/mol. The molecule has 1 saturated carbocycles. The fourth-order valence-electron chi connectivity index (χ4n) is 3.78. The van der Waals surface area contributed by atoms with Crippen molar-refractivity contribution in [1.29, 1.82) is 0 Å². The Morgan fingerprint density at radius 3 is 2.27 bits per heavy atom.